The molecule has 4 rings (SSSR count). The number of likely N-dealkylation sites (tertiary alicyclic amines) is 1. The second-order valence-corrected chi connectivity index (χ2v) is 15.1. The number of hydrogen-bond donors (Lipinski definition) is 1. The normalized spacial score (nSPS) is 28.9. The number of rotatable bonds is 13. The number of unbranched alkanes of at least 4 members (excludes halogenated alkanes) is 1. The number of carbonyl (C=O) groups is 3. The zero-order chi connectivity index (χ0) is 31.7. The Bertz CT molecular complexity index is 1210. The number of fused-ring (bicyclic) bond motifs is 1. The van der Waals surface area contributed by atoms with Crippen molar-refractivity contribution in [2.45, 2.75) is 94.5 Å². The molecule has 3 unspecified atom stereocenters. The van der Waals surface area contributed by atoms with Crippen molar-refractivity contribution in [2.24, 2.45) is 17.3 Å². The van der Waals surface area contributed by atoms with Gasteiger partial charge in [-0.3, -0.25) is 14.4 Å². The van der Waals surface area contributed by atoms with E-state index in [9.17, 15) is 14.7 Å². The van der Waals surface area contributed by atoms with Gasteiger partial charge < -0.3 is 24.4 Å². The Morgan fingerprint density at radius 1 is 1.21 bits per heavy atom. The Hall–Kier alpha value is -2.49. The molecule has 8 nitrogen and oxygen atoms in total. The van der Waals surface area contributed by atoms with Crippen molar-refractivity contribution >= 4 is 33.7 Å². The maximum Gasteiger partial charge on any atom is 0.312 e. The Morgan fingerprint density at radius 3 is 2.47 bits per heavy atom. The summed E-state index contributed by atoms with van der Waals surface area (Å²) in [7, 11) is 0. The molecule has 1 N–H and O–H groups in total. The number of halogens is 1. The van der Waals surface area contributed by atoms with Gasteiger partial charge in [-0.25, -0.2) is 0 Å². The summed E-state index contributed by atoms with van der Waals surface area (Å²) in [5, 5.41) is 10.8. The fraction of sp³-hybridized carbons (Fsp3) is 0.618. The van der Waals surface area contributed by atoms with E-state index in [1.165, 1.54) is 4.90 Å². The van der Waals surface area contributed by atoms with E-state index in [0.29, 0.717) is 31.2 Å². The molecule has 2 amide bonds. The molecule has 3 fully saturated rings. The lowest BCUT2D eigenvalue weighted by atomic mass is 9.70. The van der Waals surface area contributed by atoms with Crippen LogP contribution in [-0.2, 0) is 23.9 Å². The average molecular weight is 660 g/mol. The molecule has 7 atom stereocenters. The molecule has 0 aromatic heterocycles. The number of benzene rings is 1. The van der Waals surface area contributed by atoms with Gasteiger partial charge in [0.15, 0.2) is 0 Å². The van der Waals surface area contributed by atoms with Gasteiger partial charge in [0, 0.05) is 16.9 Å². The van der Waals surface area contributed by atoms with E-state index in [1.807, 2.05) is 44.2 Å². The highest BCUT2D eigenvalue weighted by Crippen LogP contribution is 2.61. The number of ether oxygens (including phenoxy) is 2. The molecule has 3 aliphatic rings. The highest BCUT2D eigenvalue weighted by molar-refractivity contribution is 9.09. The van der Waals surface area contributed by atoms with E-state index in [4.69, 9.17) is 9.47 Å². The van der Waals surface area contributed by atoms with Crippen molar-refractivity contribution in [3.05, 3.63) is 61.2 Å². The summed E-state index contributed by atoms with van der Waals surface area (Å²) in [5.74, 6) is -2.94. The third-order valence-electron chi connectivity index (χ3n) is 8.99. The summed E-state index contributed by atoms with van der Waals surface area (Å²) in [4.78, 5) is 46.3. The number of nitrogens with zero attached hydrogens (tertiary/aromatic N) is 2. The molecule has 0 aliphatic carbocycles. The van der Waals surface area contributed by atoms with Crippen LogP contribution in [-0.4, -0.2) is 80.6 Å². The maximum absolute atomic E-state index is 15.0. The molecule has 236 valence electrons. The lowest BCUT2D eigenvalue weighted by Gasteiger charge is -2.46. The Balaban J connectivity index is 1.83. The third kappa shape index (κ3) is 6.22. The largest absolute Gasteiger partial charge is 0.465 e. The van der Waals surface area contributed by atoms with Crippen LogP contribution in [0.2, 0.25) is 0 Å². The van der Waals surface area contributed by atoms with Crippen molar-refractivity contribution in [1.29, 1.82) is 0 Å². The molecular formula is C34H47BrN2O6. The van der Waals surface area contributed by atoms with E-state index in [1.54, 1.807) is 17.1 Å². The van der Waals surface area contributed by atoms with Crippen LogP contribution in [0, 0.1) is 17.3 Å². The van der Waals surface area contributed by atoms with Crippen molar-refractivity contribution in [2.75, 3.05) is 19.8 Å². The van der Waals surface area contributed by atoms with E-state index in [-0.39, 0.29) is 35.2 Å². The number of hydrogen-bond acceptors (Lipinski definition) is 6. The molecule has 9 heteroatoms. The van der Waals surface area contributed by atoms with Gasteiger partial charge in [-0.15, -0.1) is 13.2 Å². The molecule has 3 aliphatic heterocycles. The van der Waals surface area contributed by atoms with Gasteiger partial charge in [0.2, 0.25) is 11.8 Å². The molecule has 3 saturated heterocycles. The second-order valence-electron chi connectivity index (χ2n) is 13.9. The van der Waals surface area contributed by atoms with Crippen LogP contribution >= 0.6 is 15.9 Å². The molecule has 0 saturated carbocycles. The zero-order valence-corrected chi connectivity index (χ0v) is 27.7. The first-order valence-corrected chi connectivity index (χ1v) is 16.2. The Labute approximate surface area is 264 Å². The standard InChI is InChI=1S/C34H47BrN2O6/c1-8-10-14-18-42-31(41)25-26-29(39)37(24(20-38)22-15-12-11-13-16-22)28(34(26)19-23(35)27(25)43-34)30(40)36(17-9-2)33(6,7)21-32(3,4)5/h8-9,11-13,15-16,23-28,38H,1-2,10,14,17-21H2,3-7H3/t23?,24-,25+,26+,27+,28?,34?/m1/s1. The monoisotopic (exact) mass is 658 g/mol. The van der Waals surface area contributed by atoms with E-state index in [0.717, 1.165) is 0 Å². The first-order chi connectivity index (χ1) is 20.2. The second kappa shape index (κ2) is 12.9. The van der Waals surface area contributed by atoms with Crippen LogP contribution in [0.3, 0.4) is 0 Å². The third-order valence-corrected chi connectivity index (χ3v) is 9.84. The van der Waals surface area contributed by atoms with Crippen LogP contribution in [0.25, 0.3) is 0 Å². The quantitative estimate of drug-likeness (QED) is 0.135. The highest BCUT2D eigenvalue weighted by Gasteiger charge is 2.78. The summed E-state index contributed by atoms with van der Waals surface area (Å²) in [6.07, 6.45) is 5.25. The van der Waals surface area contributed by atoms with E-state index in [2.05, 4.69) is 49.9 Å². The SMILES string of the molecule is C=CCCCOC(=O)[C@H]1[C@H]2C(=O)N([C@H](CO)c3ccccc3)C(C(=O)N(CC=C)C(C)(C)CC(C)(C)C)C23CC(Br)[C@@H]1O3. The van der Waals surface area contributed by atoms with Gasteiger partial charge in [-0.05, 0) is 50.5 Å². The number of alkyl halides is 1. The topological polar surface area (TPSA) is 96.4 Å². The van der Waals surface area contributed by atoms with Crippen LogP contribution in [0.1, 0.15) is 71.9 Å². The molecule has 1 spiro atoms. The molecule has 43 heavy (non-hydrogen) atoms. The lowest BCUT2D eigenvalue weighted by Crippen LogP contribution is -2.61. The van der Waals surface area contributed by atoms with Gasteiger partial charge in [-0.1, -0.05) is 79.2 Å². The minimum absolute atomic E-state index is 0.0867. The van der Waals surface area contributed by atoms with Crippen LogP contribution in [0.4, 0.5) is 0 Å². The zero-order valence-electron chi connectivity index (χ0n) is 26.1. The Morgan fingerprint density at radius 2 is 1.88 bits per heavy atom. The summed E-state index contributed by atoms with van der Waals surface area (Å²) in [5.41, 5.74) is -1.25. The fourth-order valence-electron chi connectivity index (χ4n) is 7.78. The van der Waals surface area contributed by atoms with Gasteiger partial charge in [0.05, 0.1) is 37.2 Å². The van der Waals surface area contributed by atoms with Crippen molar-refractivity contribution < 1.29 is 29.0 Å². The van der Waals surface area contributed by atoms with Crippen molar-refractivity contribution in [3.8, 4) is 0 Å². The Kier molecular flexibility index (Phi) is 9.99. The number of amides is 2. The minimum Gasteiger partial charge on any atom is -0.465 e. The minimum atomic E-state index is -1.27. The summed E-state index contributed by atoms with van der Waals surface area (Å²) < 4.78 is 12.3. The first-order valence-electron chi connectivity index (χ1n) is 15.2. The van der Waals surface area contributed by atoms with Crippen LogP contribution in [0.15, 0.2) is 55.6 Å². The van der Waals surface area contributed by atoms with Crippen molar-refractivity contribution in [3.63, 3.8) is 0 Å². The van der Waals surface area contributed by atoms with E-state index >= 15 is 4.79 Å². The smallest absolute Gasteiger partial charge is 0.312 e. The number of aliphatic hydroxyl groups is 1. The summed E-state index contributed by atoms with van der Waals surface area (Å²) >= 11 is 3.72. The highest BCUT2D eigenvalue weighted by atomic mass is 79.9. The number of allylic oxidation sites excluding steroid dienone is 1. The number of carbonyl (C=O) groups excluding carboxylic acids is 3. The van der Waals surface area contributed by atoms with Gasteiger partial charge >= 0.3 is 5.97 Å². The van der Waals surface area contributed by atoms with Crippen LogP contribution < -0.4 is 0 Å². The molecule has 2 bridgehead atoms. The van der Waals surface area contributed by atoms with Crippen molar-refractivity contribution in [1.82, 2.24) is 9.80 Å². The maximum atomic E-state index is 15.0. The van der Waals surface area contributed by atoms with Gasteiger partial charge in [-0.2, -0.15) is 0 Å². The summed E-state index contributed by atoms with van der Waals surface area (Å²) in [6, 6.07) is 7.34. The number of aliphatic hydroxyl groups excluding tert-OH is 1. The van der Waals surface area contributed by atoms with Crippen LogP contribution in [0.5, 0.6) is 0 Å². The predicted molar refractivity (Wildman–Crippen MR) is 169 cm³/mol. The fourth-order valence-corrected chi connectivity index (χ4v) is 8.73. The van der Waals surface area contributed by atoms with E-state index < -0.39 is 53.7 Å². The van der Waals surface area contributed by atoms with Gasteiger partial charge in [0.1, 0.15) is 11.6 Å². The molecule has 3 heterocycles. The molecule has 1 aromatic carbocycles. The molecule has 1 aromatic rings. The summed E-state index contributed by atoms with van der Waals surface area (Å²) in [6.45, 7) is 18.2. The first kappa shape index (κ1) is 33.4. The predicted octanol–water partition coefficient (Wildman–Crippen LogP) is 5.21. The molecule has 0 radical (unpaired) electrons. The molecular weight excluding hydrogens is 612 g/mol. The average Bonchev–Trinajstić information content (AvgIpc) is 3.52. The van der Waals surface area contributed by atoms with Gasteiger partial charge in [0.25, 0.3) is 0 Å². The lowest BCUT2D eigenvalue weighted by molar-refractivity contribution is -0.158. The number of esters is 1.